The van der Waals surface area contributed by atoms with Crippen LogP contribution >= 0.6 is 0 Å². The summed E-state index contributed by atoms with van der Waals surface area (Å²) >= 11 is 0. The van der Waals surface area contributed by atoms with E-state index in [1.54, 1.807) is 7.11 Å². The SMILES string of the molecule is COc1cccc(CCC2C(=O)CC[C@]3(C)C(=O)CC[C@@H]23)c1. The molecule has 0 amide bonds. The highest BCUT2D eigenvalue weighted by Gasteiger charge is 2.53. The molecule has 0 heterocycles. The van der Waals surface area contributed by atoms with Crippen molar-refractivity contribution in [3.8, 4) is 5.75 Å². The van der Waals surface area contributed by atoms with Crippen molar-refractivity contribution in [2.45, 2.75) is 45.4 Å². The van der Waals surface area contributed by atoms with E-state index in [9.17, 15) is 9.59 Å². The highest BCUT2D eigenvalue weighted by molar-refractivity contribution is 5.92. The van der Waals surface area contributed by atoms with Crippen LogP contribution in [0.15, 0.2) is 24.3 Å². The summed E-state index contributed by atoms with van der Waals surface area (Å²) < 4.78 is 5.26. The lowest BCUT2D eigenvalue weighted by Crippen LogP contribution is -2.42. The van der Waals surface area contributed by atoms with Crippen LogP contribution < -0.4 is 4.74 Å². The van der Waals surface area contributed by atoms with Crippen molar-refractivity contribution >= 4 is 11.6 Å². The number of rotatable bonds is 4. The summed E-state index contributed by atoms with van der Waals surface area (Å²) in [6, 6.07) is 8.03. The first-order chi connectivity index (χ1) is 10.5. The van der Waals surface area contributed by atoms with Crippen molar-refractivity contribution in [1.82, 2.24) is 0 Å². The van der Waals surface area contributed by atoms with E-state index in [0.29, 0.717) is 24.4 Å². The molecular formula is C19H24O3. The van der Waals surface area contributed by atoms with Crippen LogP contribution in [-0.4, -0.2) is 18.7 Å². The summed E-state index contributed by atoms with van der Waals surface area (Å²) in [5, 5.41) is 0. The van der Waals surface area contributed by atoms with E-state index < -0.39 is 0 Å². The molecule has 3 atom stereocenters. The molecule has 0 N–H and O–H groups in total. The molecule has 0 aliphatic heterocycles. The molecule has 1 aromatic rings. The van der Waals surface area contributed by atoms with Crippen LogP contribution in [0.4, 0.5) is 0 Å². The van der Waals surface area contributed by atoms with E-state index >= 15 is 0 Å². The minimum absolute atomic E-state index is 0.0522. The van der Waals surface area contributed by atoms with Crippen molar-refractivity contribution in [2.24, 2.45) is 17.3 Å². The first-order valence-electron chi connectivity index (χ1n) is 8.23. The Bertz CT molecular complexity index is 592. The number of Topliss-reactive ketones (excluding diaryl/α,β-unsaturated/α-hetero) is 2. The molecule has 22 heavy (non-hydrogen) atoms. The molecule has 0 radical (unpaired) electrons. The summed E-state index contributed by atoms with van der Waals surface area (Å²) in [7, 11) is 1.67. The third-order valence-electron chi connectivity index (χ3n) is 5.81. The standard InChI is InChI=1S/C19H24O3/c1-19-11-10-17(20)15(16(19)8-9-18(19)21)7-6-13-4-3-5-14(12-13)22-2/h3-5,12,15-16H,6-11H2,1-2H3/t15?,16-,19-/m0/s1. The van der Waals surface area contributed by atoms with Gasteiger partial charge < -0.3 is 4.74 Å². The van der Waals surface area contributed by atoms with Gasteiger partial charge >= 0.3 is 0 Å². The van der Waals surface area contributed by atoms with Crippen LogP contribution in [0, 0.1) is 17.3 Å². The van der Waals surface area contributed by atoms with E-state index in [2.05, 4.69) is 13.0 Å². The number of methoxy groups -OCH3 is 1. The maximum atomic E-state index is 12.4. The van der Waals surface area contributed by atoms with Crippen molar-refractivity contribution in [3.63, 3.8) is 0 Å². The number of carbonyl (C=O) groups is 2. The topological polar surface area (TPSA) is 43.4 Å². The van der Waals surface area contributed by atoms with Gasteiger partial charge in [-0.2, -0.15) is 0 Å². The Morgan fingerprint density at radius 3 is 2.86 bits per heavy atom. The van der Waals surface area contributed by atoms with E-state index in [1.165, 1.54) is 5.56 Å². The number of benzene rings is 1. The molecule has 3 heteroatoms. The Balaban J connectivity index is 1.73. The van der Waals surface area contributed by atoms with Crippen LogP contribution in [0.5, 0.6) is 5.75 Å². The van der Waals surface area contributed by atoms with Crippen LogP contribution in [0.2, 0.25) is 0 Å². The minimum atomic E-state index is -0.243. The lowest BCUT2D eigenvalue weighted by Gasteiger charge is -2.39. The molecule has 0 aromatic heterocycles. The fraction of sp³-hybridized carbons (Fsp3) is 0.579. The monoisotopic (exact) mass is 300 g/mol. The Hall–Kier alpha value is -1.64. The number of ketones is 2. The second-order valence-electron chi connectivity index (χ2n) is 6.95. The van der Waals surface area contributed by atoms with Crippen LogP contribution in [-0.2, 0) is 16.0 Å². The second-order valence-corrected chi connectivity index (χ2v) is 6.95. The fourth-order valence-electron chi connectivity index (χ4n) is 4.37. The van der Waals surface area contributed by atoms with Crippen LogP contribution in [0.1, 0.15) is 44.6 Å². The van der Waals surface area contributed by atoms with Gasteiger partial charge in [0, 0.05) is 24.2 Å². The second kappa shape index (κ2) is 5.86. The molecule has 2 fully saturated rings. The number of hydrogen-bond acceptors (Lipinski definition) is 3. The number of fused-ring (bicyclic) bond motifs is 1. The maximum absolute atomic E-state index is 12.4. The number of ether oxygens (including phenoxy) is 1. The normalized spacial score (nSPS) is 31.2. The minimum Gasteiger partial charge on any atom is -0.497 e. The summed E-state index contributed by atoms with van der Waals surface area (Å²) in [5.74, 6) is 1.90. The molecule has 2 aliphatic rings. The van der Waals surface area contributed by atoms with Gasteiger partial charge in [-0.1, -0.05) is 19.1 Å². The smallest absolute Gasteiger partial charge is 0.139 e. The first kappa shape index (κ1) is 15.3. The zero-order chi connectivity index (χ0) is 15.7. The van der Waals surface area contributed by atoms with Gasteiger partial charge in [0.05, 0.1) is 7.11 Å². The zero-order valence-electron chi connectivity index (χ0n) is 13.4. The van der Waals surface area contributed by atoms with Crippen LogP contribution in [0.3, 0.4) is 0 Å². The van der Waals surface area contributed by atoms with Crippen molar-refractivity contribution in [2.75, 3.05) is 7.11 Å². The predicted octanol–water partition coefficient (Wildman–Crippen LogP) is 3.59. The Kier molecular flexibility index (Phi) is 4.07. The molecule has 3 nitrogen and oxygen atoms in total. The largest absolute Gasteiger partial charge is 0.497 e. The molecule has 2 saturated carbocycles. The third-order valence-corrected chi connectivity index (χ3v) is 5.81. The predicted molar refractivity (Wildman–Crippen MR) is 84.9 cm³/mol. The van der Waals surface area contributed by atoms with E-state index in [-0.39, 0.29) is 17.3 Å². The molecule has 118 valence electrons. The molecule has 3 rings (SSSR count). The third kappa shape index (κ3) is 2.57. The molecule has 2 aliphatic carbocycles. The molecule has 0 saturated heterocycles. The number of carbonyl (C=O) groups excluding carboxylic acids is 2. The van der Waals surface area contributed by atoms with Crippen molar-refractivity contribution in [3.05, 3.63) is 29.8 Å². The molecule has 0 bridgehead atoms. The maximum Gasteiger partial charge on any atom is 0.139 e. The molecule has 1 unspecified atom stereocenters. The molecule has 1 aromatic carbocycles. The first-order valence-corrected chi connectivity index (χ1v) is 8.23. The lowest BCUT2D eigenvalue weighted by atomic mass is 9.62. The van der Waals surface area contributed by atoms with Gasteiger partial charge in [-0.3, -0.25) is 9.59 Å². The van der Waals surface area contributed by atoms with Gasteiger partial charge in [-0.05, 0) is 49.3 Å². The van der Waals surface area contributed by atoms with Gasteiger partial charge in [0.15, 0.2) is 0 Å². The van der Waals surface area contributed by atoms with Gasteiger partial charge in [0.2, 0.25) is 0 Å². The average Bonchev–Trinajstić information content (AvgIpc) is 2.83. The average molecular weight is 300 g/mol. The van der Waals surface area contributed by atoms with Gasteiger partial charge in [-0.25, -0.2) is 0 Å². The Morgan fingerprint density at radius 1 is 1.27 bits per heavy atom. The quantitative estimate of drug-likeness (QED) is 0.853. The summed E-state index contributed by atoms with van der Waals surface area (Å²) in [4.78, 5) is 24.6. The van der Waals surface area contributed by atoms with E-state index in [4.69, 9.17) is 4.74 Å². The molecule has 0 spiro atoms. The number of hydrogen-bond donors (Lipinski definition) is 0. The van der Waals surface area contributed by atoms with Crippen molar-refractivity contribution < 1.29 is 14.3 Å². The summed E-state index contributed by atoms with van der Waals surface area (Å²) in [5.41, 5.74) is 0.955. The Labute approximate surface area is 132 Å². The zero-order valence-corrected chi connectivity index (χ0v) is 13.4. The van der Waals surface area contributed by atoms with Crippen LogP contribution in [0.25, 0.3) is 0 Å². The van der Waals surface area contributed by atoms with Gasteiger partial charge in [0.1, 0.15) is 17.3 Å². The van der Waals surface area contributed by atoms with Gasteiger partial charge in [0.25, 0.3) is 0 Å². The Morgan fingerprint density at radius 2 is 2.09 bits per heavy atom. The van der Waals surface area contributed by atoms with Crippen molar-refractivity contribution in [1.29, 1.82) is 0 Å². The van der Waals surface area contributed by atoms with Gasteiger partial charge in [-0.15, -0.1) is 0 Å². The lowest BCUT2D eigenvalue weighted by molar-refractivity contribution is -0.136. The van der Waals surface area contributed by atoms with E-state index in [0.717, 1.165) is 31.4 Å². The number of aryl methyl sites for hydroxylation is 1. The summed E-state index contributed by atoms with van der Waals surface area (Å²) in [6.45, 7) is 2.08. The highest BCUT2D eigenvalue weighted by atomic mass is 16.5. The highest BCUT2D eigenvalue weighted by Crippen LogP contribution is 2.52. The summed E-state index contributed by atoms with van der Waals surface area (Å²) in [6.07, 6.45) is 4.59. The van der Waals surface area contributed by atoms with E-state index in [1.807, 2.05) is 18.2 Å². The fourth-order valence-corrected chi connectivity index (χ4v) is 4.37. The molecular weight excluding hydrogens is 276 g/mol.